The maximum Gasteiger partial charge on any atom is 0.303 e. The fraction of sp³-hybridized carbons (Fsp3) is 0.296. The second-order valence-corrected chi connectivity index (χ2v) is 8.80. The number of nitrogens with zero attached hydrogens (tertiary/aromatic N) is 1. The lowest BCUT2D eigenvalue weighted by atomic mass is 9.96. The Morgan fingerprint density at radius 3 is 2.76 bits per heavy atom. The summed E-state index contributed by atoms with van der Waals surface area (Å²) in [6.45, 7) is 2.91. The molecule has 7 heteroatoms. The van der Waals surface area contributed by atoms with Gasteiger partial charge in [-0.1, -0.05) is 35.9 Å². The first-order chi connectivity index (χ1) is 16.5. The number of carboxylic acid groups (broad SMARTS) is 1. The summed E-state index contributed by atoms with van der Waals surface area (Å²) in [5.74, 6) is -0.545. The number of anilines is 2. The van der Waals surface area contributed by atoms with E-state index in [0.29, 0.717) is 29.4 Å². The van der Waals surface area contributed by atoms with Gasteiger partial charge < -0.3 is 20.1 Å². The van der Waals surface area contributed by atoms with Gasteiger partial charge in [-0.3, -0.25) is 4.79 Å². The van der Waals surface area contributed by atoms with Crippen LogP contribution >= 0.6 is 11.6 Å². The fourth-order valence-electron chi connectivity index (χ4n) is 4.30. The average Bonchev–Trinajstić information content (AvgIpc) is 2.82. The molecule has 0 radical (unpaired) electrons. The van der Waals surface area contributed by atoms with Crippen molar-refractivity contribution in [1.82, 2.24) is 0 Å². The smallest absolute Gasteiger partial charge is 0.303 e. The van der Waals surface area contributed by atoms with E-state index in [2.05, 4.69) is 28.4 Å². The molecule has 0 saturated carbocycles. The normalized spacial score (nSPS) is 12.8. The Morgan fingerprint density at radius 2 is 1.97 bits per heavy atom. The molecule has 0 spiro atoms. The number of halogens is 2. The van der Waals surface area contributed by atoms with Gasteiger partial charge >= 0.3 is 5.97 Å². The quantitative estimate of drug-likeness (QED) is 0.374. The minimum absolute atomic E-state index is 0.0829. The summed E-state index contributed by atoms with van der Waals surface area (Å²) in [5, 5.41) is 12.8. The van der Waals surface area contributed by atoms with Crippen molar-refractivity contribution in [3.63, 3.8) is 0 Å². The number of fused-ring (bicyclic) bond motifs is 1. The van der Waals surface area contributed by atoms with Gasteiger partial charge in [-0.25, -0.2) is 4.39 Å². The van der Waals surface area contributed by atoms with Crippen LogP contribution in [0.15, 0.2) is 60.7 Å². The van der Waals surface area contributed by atoms with Crippen LogP contribution in [0.25, 0.3) is 0 Å². The second-order valence-electron chi connectivity index (χ2n) is 8.36. The number of hydrogen-bond donors (Lipinski definition) is 2. The predicted molar refractivity (Wildman–Crippen MR) is 134 cm³/mol. The van der Waals surface area contributed by atoms with Crippen LogP contribution in [0.5, 0.6) is 5.75 Å². The molecule has 0 aromatic heterocycles. The van der Waals surface area contributed by atoms with Crippen molar-refractivity contribution in [3.8, 4) is 5.75 Å². The molecule has 0 amide bonds. The molecule has 5 nitrogen and oxygen atoms in total. The third-order valence-corrected chi connectivity index (χ3v) is 6.25. The Morgan fingerprint density at radius 1 is 1.12 bits per heavy atom. The monoisotopic (exact) mass is 482 g/mol. The Kier molecular flexibility index (Phi) is 7.91. The highest BCUT2D eigenvalue weighted by atomic mass is 35.5. The van der Waals surface area contributed by atoms with Crippen molar-refractivity contribution in [2.24, 2.45) is 0 Å². The number of carbonyl (C=O) groups is 1. The molecule has 0 saturated heterocycles. The molecule has 0 unspecified atom stereocenters. The van der Waals surface area contributed by atoms with Gasteiger partial charge in [0.1, 0.15) is 18.2 Å². The summed E-state index contributed by atoms with van der Waals surface area (Å²) >= 11 is 6.03. The van der Waals surface area contributed by atoms with E-state index in [0.717, 1.165) is 31.7 Å². The average molecular weight is 483 g/mol. The molecule has 4 rings (SSSR count). The predicted octanol–water partition coefficient (Wildman–Crippen LogP) is 5.94. The molecule has 2 N–H and O–H groups in total. The van der Waals surface area contributed by atoms with Gasteiger partial charge in [0.05, 0.1) is 6.54 Å². The van der Waals surface area contributed by atoms with Crippen LogP contribution in [-0.4, -0.2) is 30.8 Å². The number of aliphatic carboxylic acids is 1. The first-order valence-corrected chi connectivity index (χ1v) is 11.9. The van der Waals surface area contributed by atoms with E-state index < -0.39 is 5.97 Å². The topological polar surface area (TPSA) is 61.8 Å². The van der Waals surface area contributed by atoms with E-state index in [-0.39, 0.29) is 18.7 Å². The lowest BCUT2D eigenvalue weighted by molar-refractivity contribution is -0.136. The summed E-state index contributed by atoms with van der Waals surface area (Å²) in [7, 11) is 0. The van der Waals surface area contributed by atoms with E-state index in [1.807, 2.05) is 24.3 Å². The zero-order valence-corrected chi connectivity index (χ0v) is 19.7. The minimum Gasteiger partial charge on any atom is -0.492 e. The van der Waals surface area contributed by atoms with Gasteiger partial charge in [0.25, 0.3) is 0 Å². The number of hydrogen-bond acceptors (Lipinski definition) is 4. The van der Waals surface area contributed by atoms with Crippen LogP contribution in [0.2, 0.25) is 5.02 Å². The standard InChI is InChI=1S/C27H28ClFN2O3/c28-21-5-2-6-23(16-21)34-15-14-31-13-3-7-24-20(4-1-8-26(24)31)18-30-22-11-9-19(25(29)17-22)10-12-27(32)33/h1-2,4-6,8-9,11,16-17,30H,3,7,10,12-15,18H2,(H,32,33). The Bertz CT molecular complexity index is 1150. The van der Waals surface area contributed by atoms with Crippen molar-refractivity contribution in [3.05, 3.63) is 88.2 Å². The molecule has 1 aliphatic heterocycles. The SMILES string of the molecule is O=C(O)CCc1ccc(NCc2cccc3c2CCCN3CCOc2cccc(Cl)c2)cc1F. The summed E-state index contributed by atoms with van der Waals surface area (Å²) in [6, 6.07) is 18.6. The fourth-order valence-corrected chi connectivity index (χ4v) is 4.48. The molecular weight excluding hydrogens is 455 g/mol. The van der Waals surface area contributed by atoms with Gasteiger partial charge in [0.15, 0.2) is 0 Å². The van der Waals surface area contributed by atoms with E-state index >= 15 is 0 Å². The molecule has 0 aliphatic carbocycles. The summed E-state index contributed by atoms with van der Waals surface area (Å²) in [4.78, 5) is 13.1. The molecule has 0 bridgehead atoms. The minimum atomic E-state index is -0.930. The van der Waals surface area contributed by atoms with Crippen LogP contribution in [0.4, 0.5) is 15.8 Å². The molecule has 0 fully saturated rings. The first-order valence-electron chi connectivity index (χ1n) is 11.5. The van der Waals surface area contributed by atoms with Gasteiger partial charge in [-0.2, -0.15) is 0 Å². The summed E-state index contributed by atoms with van der Waals surface area (Å²) in [5.41, 5.74) is 4.81. The largest absolute Gasteiger partial charge is 0.492 e. The lowest BCUT2D eigenvalue weighted by Gasteiger charge is -2.32. The van der Waals surface area contributed by atoms with Gasteiger partial charge in [0, 0.05) is 35.9 Å². The molecule has 1 aliphatic rings. The highest BCUT2D eigenvalue weighted by Crippen LogP contribution is 2.30. The molecule has 34 heavy (non-hydrogen) atoms. The lowest BCUT2D eigenvalue weighted by Crippen LogP contribution is -2.33. The van der Waals surface area contributed by atoms with E-state index in [4.69, 9.17) is 21.4 Å². The van der Waals surface area contributed by atoms with Crippen molar-refractivity contribution in [2.75, 3.05) is 29.9 Å². The number of aryl methyl sites for hydroxylation is 1. The third-order valence-electron chi connectivity index (χ3n) is 6.01. The van der Waals surface area contributed by atoms with E-state index in [1.165, 1.54) is 22.9 Å². The summed E-state index contributed by atoms with van der Waals surface area (Å²) in [6.07, 6.45) is 2.17. The van der Waals surface area contributed by atoms with Gasteiger partial charge in [-0.05, 0) is 72.4 Å². The van der Waals surface area contributed by atoms with Crippen LogP contribution < -0.4 is 15.0 Å². The Hall–Kier alpha value is -3.25. The van der Waals surface area contributed by atoms with Crippen molar-refractivity contribution in [2.45, 2.75) is 32.2 Å². The molecule has 3 aromatic carbocycles. The zero-order chi connectivity index (χ0) is 23.9. The van der Waals surface area contributed by atoms with Crippen molar-refractivity contribution >= 4 is 28.9 Å². The number of carboxylic acids is 1. The molecule has 3 aromatic rings. The van der Waals surface area contributed by atoms with Crippen LogP contribution in [-0.2, 0) is 24.2 Å². The highest BCUT2D eigenvalue weighted by Gasteiger charge is 2.19. The molecular formula is C27H28ClFN2O3. The number of nitrogens with one attached hydrogen (secondary N) is 1. The summed E-state index contributed by atoms with van der Waals surface area (Å²) < 4.78 is 20.2. The van der Waals surface area contributed by atoms with Crippen LogP contribution in [0, 0.1) is 5.82 Å². The van der Waals surface area contributed by atoms with Crippen LogP contribution in [0.3, 0.4) is 0 Å². The first kappa shape index (κ1) is 23.9. The van der Waals surface area contributed by atoms with Crippen molar-refractivity contribution < 1.29 is 19.0 Å². The van der Waals surface area contributed by atoms with Crippen LogP contribution in [0.1, 0.15) is 29.5 Å². The van der Waals surface area contributed by atoms with Gasteiger partial charge in [0.2, 0.25) is 0 Å². The van der Waals surface area contributed by atoms with Crippen molar-refractivity contribution in [1.29, 1.82) is 0 Å². The maximum absolute atomic E-state index is 14.4. The highest BCUT2D eigenvalue weighted by molar-refractivity contribution is 6.30. The number of ether oxygens (including phenoxy) is 1. The van der Waals surface area contributed by atoms with E-state index in [1.54, 1.807) is 12.1 Å². The zero-order valence-electron chi connectivity index (χ0n) is 18.9. The maximum atomic E-state index is 14.4. The van der Waals surface area contributed by atoms with Gasteiger partial charge in [-0.15, -0.1) is 0 Å². The molecule has 178 valence electrons. The molecule has 0 atom stereocenters. The van der Waals surface area contributed by atoms with E-state index in [9.17, 15) is 9.18 Å². The Labute approximate surface area is 204 Å². The molecule has 1 heterocycles. The third kappa shape index (κ3) is 6.20. The second kappa shape index (κ2) is 11.3. The Balaban J connectivity index is 1.38. The number of benzene rings is 3. The number of rotatable bonds is 10.